The first-order chi connectivity index (χ1) is 8.67. The van der Waals surface area contributed by atoms with Crippen molar-refractivity contribution in [3.8, 4) is 0 Å². The summed E-state index contributed by atoms with van der Waals surface area (Å²) >= 11 is 11.5. The van der Waals surface area contributed by atoms with Crippen LogP contribution in [-0.2, 0) is 6.54 Å². The summed E-state index contributed by atoms with van der Waals surface area (Å²) < 4.78 is 36.2. The molecule has 0 fully saturated rings. The van der Waals surface area contributed by atoms with Crippen LogP contribution >= 0.6 is 23.2 Å². The van der Waals surface area contributed by atoms with Gasteiger partial charge in [0.2, 0.25) is 0 Å². The Morgan fingerprint density at radius 2 is 2.00 bits per heavy atom. The van der Waals surface area contributed by atoms with Gasteiger partial charge in [0.1, 0.15) is 10.3 Å². The molecule has 1 aromatic heterocycles. The molecule has 0 amide bonds. The number of pyridine rings is 1. The van der Waals surface area contributed by atoms with Crippen LogP contribution in [0.5, 0.6) is 0 Å². The molecule has 0 aliphatic rings. The van der Waals surface area contributed by atoms with Crippen molar-refractivity contribution in [2.24, 2.45) is 0 Å². The van der Waals surface area contributed by atoms with Gasteiger partial charge in [-0.05, 0) is 13.1 Å². The van der Waals surface area contributed by atoms with Crippen LogP contribution in [0.1, 0.15) is 12.0 Å². The summed E-state index contributed by atoms with van der Waals surface area (Å²) in [7, 11) is 1.59. The van der Waals surface area contributed by atoms with E-state index in [-0.39, 0.29) is 23.4 Å². The summed E-state index contributed by atoms with van der Waals surface area (Å²) in [4.78, 5) is 5.36. The quantitative estimate of drug-likeness (QED) is 0.848. The van der Waals surface area contributed by atoms with Crippen molar-refractivity contribution in [2.75, 3.05) is 13.6 Å². The maximum Gasteiger partial charge on any atom is 0.391 e. The van der Waals surface area contributed by atoms with E-state index in [2.05, 4.69) is 4.98 Å². The Kier molecular flexibility index (Phi) is 5.85. The van der Waals surface area contributed by atoms with Gasteiger partial charge in [0.15, 0.2) is 0 Å². The zero-order valence-corrected chi connectivity index (χ0v) is 11.6. The third kappa shape index (κ3) is 6.42. The molecule has 0 unspecified atom stereocenters. The Labute approximate surface area is 118 Å². The third-order valence-electron chi connectivity index (χ3n) is 2.32. The molecule has 1 N–H and O–H groups in total. The van der Waals surface area contributed by atoms with Crippen molar-refractivity contribution >= 4 is 23.2 Å². The van der Waals surface area contributed by atoms with Gasteiger partial charge < -0.3 is 5.11 Å². The third-order valence-corrected chi connectivity index (χ3v) is 2.86. The van der Waals surface area contributed by atoms with E-state index < -0.39 is 18.7 Å². The lowest BCUT2D eigenvalue weighted by Crippen LogP contribution is -2.32. The van der Waals surface area contributed by atoms with Gasteiger partial charge in [0.05, 0.1) is 12.5 Å². The highest BCUT2D eigenvalue weighted by molar-refractivity contribution is 6.32. The second-order valence-electron chi connectivity index (χ2n) is 4.25. The first-order valence-electron chi connectivity index (χ1n) is 5.41. The molecule has 8 heteroatoms. The number of aromatic nitrogens is 1. The van der Waals surface area contributed by atoms with Crippen LogP contribution < -0.4 is 0 Å². The fourth-order valence-corrected chi connectivity index (χ4v) is 2.01. The van der Waals surface area contributed by atoms with Crippen molar-refractivity contribution in [3.05, 3.63) is 28.0 Å². The predicted octanol–water partition coefficient (Wildman–Crippen LogP) is 3.13. The minimum atomic E-state index is -4.38. The Morgan fingerprint density at radius 3 is 2.53 bits per heavy atom. The lowest BCUT2D eigenvalue weighted by molar-refractivity contribution is -0.155. The average molecular weight is 317 g/mol. The molecule has 0 radical (unpaired) electrons. The van der Waals surface area contributed by atoms with Gasteiger partial charge in [-0.2, -0.15) is 13.2 Å². The normalized spacial score (nSPS) is 13.9. The number of nitrogens with zero attached hydrogens (tertiary/aromatic N) is 2. The fraction of sp³-hybridized carbons (Fsp3) is 0.545. The van der Waals surface area contributed by atoms with Crippen molar-refractivity contribution in [1.29, 1.82) is 0 Å². The molecular weight excluding hydrogens is 304 g/mol. The van der Waals surface area contributed by atoms with E-state index in [4.69, 9.17) is 23.2 Å². The summed E-state index contributed by atoms with van der Waals surface area (Å²) in [5.74, 6) is 0. The summed E-state index contributed by atoms with van der Waals surface area (Å²) in [6, 6.07) is 3.19. The molecule has 0 aromatic carbocycles. The van der Waals surface area contributed by atoms with Crippen LogP contribution in [0.25, 0.3) is 0 Å². The molecule has 1 atom stereocenters. The fourth-order valence-electron chi connectivity index (χ4n) is 1.61. The van der Waals surface area contributed by atoms with Crippen LogP contribution in [0.4, 0.5) is 13.2 Å². The highest BCUT2D eigenvalue weighted by atomic mass is 35.5. The van der Waals surface area contributed by atoms with Crippen LogP contribution in [0, 0.1) is 0 Å². The standard InChI is InChI=1S/C11H13Cl2F3N2O/c1-18(6-8(19)4-11(14,15)16)5-7-2-3-9(12)17-10(7)13/h2-3,8,19H,4-6H2,1H3/t8-/m0/s1. The van der Waals surface area contributed by atoms with Crippen LogP contribution in [0.3, 0.4) is 0 Å². The van der Waals surface area contributed by atoms with Crippen LogP contribution in [0.2, 0.25) is 10.3 Å². The predicted molar refractivity (Wildman–Crippen MR) is 67.3 cm³/mol. The highest BCUT2D eigenvalue weighted by Crippen LogP contribution is 2.22. The smallest absolute Gasteiger partial charge is 0.391 e. The maximum absolute atomic E-state index is 12.1. The van der Waals surface area contributed by atoms with Crippen molar-refractivity contribution < 1.29 is 18.3 Å². The molecule has 19 heavy (non-hydrogen) atoms. The zero-order valence-electron chi connectivity index (χ0n) is 10.1. The zero-order chi connectivity index (χ0) is 14.6. The molecular formula is C11H13Cl2F3N2O. The number of alkyl halides is 3. The van der Waals surface area contributed by atoms with Gasteiger partial charge in [-0.25, -0.2) is 4.98 Å². The molecule has 1 rings (SSSR count). The Bertz CT molecular complexity index is 429. The van der Waals surface area contributed by atoms with E-state index in [0.717, 1.165) is 0 Å². The van der Waals surface area contributed by atoms with Gasteiger partial charge in [0.25, 0.3) is 0 Å². The van der Waals surface area contributed by atoms with E-state index in [1.807, 2.05) is 0 Å². The molecule has 0 spiro atoms. The topological polar surface area (TPSA) is 36.4 Å². The van der Waals surface area contributed by atoms with Crippen molar-refractivity contribution in [1.82, 2.24) is 9.88 Å². The maximum atomic E-state index is 12.1. The van der Waals surface area contributed by atoms with Gasteiger partial charge in [-0.15, -0.1) is 0 Å². The highest BCUT2D eigenvalue weighted by Gasteiger charge is 2.31. The summed E-state index contributed by atoms with van der Waals surface area (Å²) in [6.45, 7) is 0.163. The number of aliphatic hydroxyl groups is 1. The Hall–Kier alpha value is -0.560. The van der Waals surface area contributed by atoms with E-state index in [9.17, 15) is 18.3 Å². The molecule has 3 nitrogen and oxygen atoms in total. The second-order valence-corrected chi connectivity index (χ2v) is 5.00. The monoisotopic (exact) mass is 316 g/mol. The molecule has 0 aliphatic carbocycles. The Balaban J connectivity index is 2.53. The van der Waals surface area contributed by atoms with Gasteiger partial charge >= 0.3 is 6.18 Å². The summed E-state index contributed by atoms with van der Waals surface area (Å²) in [5, 5.41) is 9.76. The van der Waals surface area contributed by atoms with Crippen LogP contribution in [-0.4, -0.2) is 40.9 Å². The second kappa shape index (κ2) is 6.74. The molecule has 1 aromatic rings. The molecule has 108 valence electrons. The number of halogens is 5. The van der Waals surface area contributed by atoms with E-state index >= 15 is 0 Å². The van der Waals surface area contributed by atoms with Gasteiger partial charge in [-0.3, -0.25) is 4.90 Å². The molecule has 1 heterocycles. The van der Waals surface area contributed by atoms with E-state index in [0.29, 0.717) is 5.56 Å². The van der Waals surface area contributed by atoms with Crippen LogP contribution in [0.15, 0.2) is 12.1 Å². The number of likely N-dealkylation sites (N-methyl/N-ethyl adjacent to an activating group) is 1. The first-order valence-corrected chi connectivity index (χ1v) is 6.17. The minimum Gasteiger partial charge on any atom is -0.391 e. The van der Waals surface area contributed by atoms with E-state index in [1.54, 1.807) is 19.2 Å². The number of hydrogen-bond donors (Lipinski definition) is 1. The van der Waals surface area contributed by atoms with Crippen molar-refractivity contribution in [2.45, 2.75) is 25.2 Å². The number of hydrogen-bond acceptors (Lipinski definition) is 3. The van der Waals surface area contributed by atoms with Gasteiger partial charge in [0, 0.05) is 18.7 Å². The van der Waals surface area contributed by atoms with Crippen molar-refractivity contribution in [3.63, 3.8) is 0 Å². The van der Waals surface area contributed by atoms with E-state index in [1.165, 1.54) is 4.90 Å². The SMILES string of the molecule is CN(Cc1ccc(Cl)nc1Cl)C[C@@H](O)CC(F)(F)F. The summed E-state index contributed by atoms with van der Waals surface area (Å²) in [5.41, 5.74) is 0.632. The molecule has 0 aliphatic heterocycles. The molecule has 0 saturated carbocycles. The average Bonchev–Trinajstić information content (AvgIpc) is 2.19. The number of rotatable bonds is 5. The Morgan fingerprint density at radius 1 is 1.37 bits per heavy atom. The lowest BCUT2D eigenvalue weighted by atomic mass is 10.2. The number of aliphatic hydroxyl groups excluding tert-OH is 1. The largest absolute Gasteiger partial charge is 0.391 e. The lowest BCUT2D eigenvalue weighted by Gasteiger charge is -2.21. The first kappa shape index (κ1) is 16.5. The molecule has 0 bridgehead atoms. The van der Waals surface area contributed by atoms with Gasteiger partial charge in [-0.1, -0.05) is 29.3 Å². The summed E-state index contributed by atoms with van der Waals surface area (Å²) in [6.07, 6.45) is -7.08. The molecule has 0 saturated heterocycles. The minimum absolute atomic E-state index is 0.113.